The van der Waals surface area contributed by atoms with E-state index in [1.165, 1.54) is 18.1 Å². The number of amides is 1. The van der Waals surface area contributed by atoms with Crippen molar-refractivity contribution in [1.29, 1.82) is 0 Å². The van der Waals surface area contributed by atoms with Gasteiger partial charge in [0, 0.05) is 18.5 Å². The summed E-state index contributed by atoms with van der Waals surface area (Å²) >= 11 is 1.35. The van der Waals surface area contributed by atoms with E-state index in [0.717, 1.165) is 15.9 Å². The molecule has 1 fully saturated rings. The Labute approximate surface area is 139 Å². The third-order valence-corrected chi connectivity index (χ3v) is 6.73. The monoisotopic (exact) mass is 351 g/mol. The number of hydrogen-bond donors (Lipinski definition) is 0. The number of para-hydroxylation sites is 1. The van der Waals surface area contributed by atoms with Gasteiger partial charge in [0.25, 0.3) is 0 Å². The molecule has 1 aromatic carbocycles. The van der Waals surface area contributed by atoms with Crippen LogP contribution in [0.1, 0.15) is 6.42 Å². The van der Waals surface area contributed by atoms with Crippen molar-refractivity contribution in [2.75, 3.05) is 24.3 Å². The number of rotatable bonds is 4. The van der Waals surface area contributed by atoms with Crippen LogP contribution in [0.4, 0.5) is 0 Å². The Morgan fingerprint density at radius 2 is 2.13 bits per heavy atom. The zero-order chi connectivity index (χ0) is 16.4. The third-order valence-electron chi connectivity index (χ3n) is 3.99. The van der Waals surface area contributed by atoms with E-state index in [0.29, 0.717) is 6.42 Å². The maximum Gasteiger partial charge on any atom is 0.233 e. The summed E-state index contributed by atoms with van der Waals surface area (Å²) in [7, 11) is -1.32. The van der Waals surface area contributed by atoms with Crippen LogP contribution in [0.3, 0.4) is 0 Å². The lowest BCUT2D eigenvalue weighted by molar-refractivity contribution is -0.128. The van der Waals surface area contributed by atoms with Gasteiger partial charge in [-0.3, -0.25) is 4.79 Å². The van der Waals surface area contributed by atoms with Crippen molar-refractivity contribution in [3.8, 4) is 0 Å². The van der Waals surface area contributed by atoms with Gasteiger partial charge in [-0.1, -0.05) is 30.0 Å². The average molecular weight is 351 g/mol. The van der Waals surface area contributed by atoms with E-state index in [2.05, 4.69) is 9.97 Å². The molecule has 8 heteroatoms. The van der Waals surface area contributed by atoms with E-state index in [4.69, 9.17) is 0 Å². The smallest absolute Gasteiger partial charge is 0.233 e. The van der Waals surface area contributed by atoms with E-state index in [-0.39, 0.29) is 29.2 Å². The van der Waals surface area contributed by atoms with Gasteiger partial charge in [0.2, 0.25) is 5.91 Å². The standard InChI is InChI=1S/C15H17N3O3S2/c1-18(11-6-7-23(20,21)9-11)14(19)8-22-15-12-4-2-3-5-13(12)16-10-17-15/h2-5,10-11H,6-9H2,1H3/t11-/m1/s1. The zero-order valence-electron chi connectivity index (χ0n) is 12.7. The van der Waals surface area contributed by atoms with Crippen LogP contribution < -0.4 is 0 Å². The first-order valence-corrected chi connectivity index (χ1v) is 10.1. The van der Waals surface area contributed by atoms with E-state index < -0.39 is 9.84 Å². The molecule has 2 aromatic rings. The number of carbonyl (C=O) groups excluding carboxylic acids is 1. The highest BCUT2D eigenvalue weighted by Crippen LogP contribution is 2.25. The first-order chi connectivity index (χ1) is 11.0. The molecular weight excluding hydrogens is 334 g/mol. The molecule has 0 spiro atoms. The van der Waals surface area contributed by atoms with Gasteiger partial charge in [-0.2, -0.15) is 0 Å². The summed E-state index contributed by atoms with van der Waals surface area (Å²) in [5.74, 6) is 0.378. The molecule has 1 aliphatic rings. The van der Waals surface area contributed by atoms with Crippen molar-refractivity contribution in [3.63, 3.8) is 0 Å². The molecule has 0 saturated carbocycles. The minimum atomic E-state index is -2.99. The second-order valence-electron chi connectivity index (χ2n) is 5.55. The topological polar surface area (TPSA) is 80.2 Å². The molecule has 1 aliphatic heterocycles. The fraction of sp³-hybridized carbons (Fsp3) is 0.400. The highest BCUT2D eigenvalue weighted by molar-refractivity contribution is 8.00. The first-order valence-electron chi connectivity index (χ1n) is 7.25. The van der Waals surface area contributed by atoms with E-state index in [1.807, 2.05) is 24.3 Å². The highest BCUT2D eigenvalue weighted by atomic mass is 32.2. The van der Waals surface area contributed by atoms with Crippen molar-refractivity contribution in [3.05, 3.63) is 30.6 Å². The lowest BCUT2D eigenvalue weighted by Crippen LogP contribution is -2.38. The Hall–Kier alpha value is -1.67. The van der Waals surface area contributed by atoms with Crippen LogP contribution in [0.2, 0.25) is 0 Å². The number of carbonyl (C=O) groups is 1. The number of benzene rings is 1. The van der Waals surface area contributed by atoms with E-state index in [1.54, 1.807) is 11.9 Å². The van der Waals surface area contributed by atoms with Gasteiger partial charge in [0.05, 0.1) is 22.8 Å². The molecular formula is C15H17N3O3S2. The van der Waals surface area contributed by atoms with Crippen LogP contribution in [0.5, 0.6) is 0 Å². The molecule has 1 atom stereocenters. The maximum absolute atomic E-state index is 12.3. The highest BCUT2D eigenvalue weighted by Gasteiger charge is 2.32. The minimum absolute atomic E-state index is 0.0658. The minimum Gasteiger partial charge on any atom is -0.341 e. The molecule has 6 nitrogen and oxygen atoms in total. The number of sulfone groups is 1. The number of hydrogen-bond acceptors (Lipinski definition) is 6. The Balaban J connectivity index is 1.66. The van der Waals surface area contributed by atoms with Crippen molar-refractivity contribution >= 4 is 38.4 Å². The molecule has 0 N–H and O–H groups in total. The normalized spacial score (nSPS) is 19.8. The Morgan fingerprint density at radius 1 is 1.35 bits per heavy atom. The molecule has 3 rings (SSSR count). The number of nitrogens with zero attached hydrogens (tertiary/aromatic N) is 3. The second kappa shape index (κ2) is 6.45. The lowest BCUT2D eigenvalue weighted by atomic mass is 10.2. The molecule has 23 heavy (non-hydrogen) atoms. The SMILES string of the molecule is CN(C(=O)CSc1ncnc2ccccc12)[C@@H]1CCS(=O)(=O)C1. The maximum atomic E-state index is 12.3. The molecule has 1 saturated heterocycles. The lowest BCUT2D eigenvalue weighted by Gasteiger charge is -2.23. The molecule has 122 valence electrons. The molecule has 1 aromatic heterocycles. The summed E-state index contributed by atoms with van der Waals surface area (Å²) < 4.78 is 23.1. The van der Waals surface area contributed by atoms with E-state index in [9.17, 15) is 13.2 Å². The zero-order valence-corrected chi connectivity index (χ0v) is 14.3. The quantitative estimate of drug-likeness (QED) is 0.611. The number of aromatic nitrogens is 2. The molecule has 2 heterocycles. The van der Waals surface area contributed by atoms with Crippen LogP contribution in [0.15, 0.2) is 35.6 Å². The Kier molecular flexibility index (Phi) is 4.54. The molecule has 0 bridgehead atoms. The molecule has 0 radical (unpaired) electrons. The van der Waals surface area contributed by atoms with E-state index >= 15 is 0 Å². The van der Waals surface area contributed by atoms with Gasteiger partial charge in [0.1, 0.15) is 11.4 Å². The van der Waals surface area contributed by atoms with Crippen LogP contribution in [-0.2, 0) is 14.6 Å². The van der Waals surface area contributed by atoms with Crippen molar-refractivity contribution in [2.45, 2.75) is 17.5 Å². The average Bonchev–Trinajstić information content (AvgIpc) is 2.91. The van der Waals surface area contributed by atoms with Gasteiger partial charge in [0.15, 0.2) is 9.84 Å². The van der Waals surface area contributed by atoms with Crippen LogP contribution >= 0.6 is 11.8 Å². The molecule has 1 amide bonds. The Bertz CT molecular complexity index is 833. The summed E-state index contributed by atoms with van der Waals surface area (Å²) in [6.45, 7) is 0. The van der Waals surface area contributed by atoms with Gasteiger partial charge in [-0.25, -0.2) is 18.4 Å². The Morgan fingerprint density at radius 3 is 2.87 bits per heavy atom. The van der Waals surface area contributed by atoms with Gasteiger partial charge < -0.3 is 4.90 Å². The fourth-order valence-electron chi connectivity index (χ4n) is 2.61. The predicted octanol–water partition coefficient (Wildman–Crippen LogP) is 1.37. The van der Waals surface area contributed by atoms with Crippen LogP contribution in [0.25, 0.3) is 10.9 Å². The summed E-state index contributed by atoms with van der Waals surface area (Å²) in [5.41, 5.74) is 0.840. The largest absolute Gasteiger partial charge is 0.341 e. The van der Waals surface area contributed by atoms with Gasteiger partial charge in [-0.05, 0) is 12.5 Å². The molecule has 0 unspecified atom stereocenters. The van der Waals surface area contributed by atoms with Crippen molar-refractivity contribution in [2.24, 2.45) is 0 Å². The van der Waals surface area contributed by atoms with Gasteiger partial charge >= 0.3 is 0 Å². The summed E-state index contributed by atoms with van der Waals surface area (Å²) in [5, 5.41) is 1.68. The summed E-state index contributed by atoms with van der Waals surface area (Å²) in [6.07, 6.45) is 2.01. The van der Waals surface area contributed by atoms with Crippen molar-refractivity contribution in [1.82, 2.24) is 14.9 Å². The first kappa shape index (κ1) is 16.2. The van der Waals surface area contributed by atoms with Gasteiger partial charge in [-0.15, -0.1) is 0 Å². The summed E-state index contributed by atoms with van der Waals surface area (Å²) in [4.78, 5) is 22.3. The molecule has 0 aliphatic carbocycles. The van der Waals surface area contributed by atoms with Crippen LogP contribution in [0, 0.1) is 0 Å². The predicted molar refractivity (Wildman–Crippen MR) is 90.1 cm³/mol. The number of fused-ring (bicyclic) bond motifs is 1. The number of thioether (sulfide) groups is 1. The summed E-state index contributed by atoms with van der Waals surface area (Å²) in [6, 6.07) is 7.43. The third kappa shape index (κ3) is 3.64. The van der Waals surface area contributed by atoms with Crippen molar-refractivity contribution < 1.29 is 13.2 Å². The fourth-order valence-corrected chi connectivity index (χ4v) is 5.30. The second-order valence-corrected chi connectivity index (χ2v) is 8.74. The van der Waals surface area contributed by atoms with Crippen LogP contribution in [-0.4, -0.2) is 59.5 Å².